The van der Waals surface area contributed by atoms with Gasteiger partial charge in [-0.2, -0.15) is 0 Å². The number of rotatable bonds is 12. The third-order valence-electron chi connectivity index (χ3n) is 6.21. The smallest absolute Gasteiger partial charge is 0.311 e. The SMILES string of the molecule is CC[S+](CCCOc1cc(OC)c(OC)c(OC)c1)c1c(O)c2cccnc2n(Cc2ccccc2)c1=O. The van der Waals surface area contributed by atoms with E-state index in [-0.39, 0.29) is 11.3 Å². The van der Waals surface area contributed by atoms with Gasteiger partial charge in [-0.25, -0.2) is 4.98 Å². The second-order valence-corrected chi connectivity index (χ2v) is 10.9. The van der Waals surface area contributed by atoms with Gasteiger partial charge in [-0.15, -0.1) is 0 Å². The summed E-state index contributed by atoms with van der Waals surface area (Å²) in [4.78, 5) is 18.6. The Balaban J connectivity index is 1.56. The molecule has 0 bridgehead atoms. The van der Waals surface area contributed by atoms with Gasteiger partial charge in [0.2, 0.25) is 5.75 Å². The number of ether oxygens (including phenoxy) is 4. The second-order valence-electron chi connectivity index (χ2n) is 8.48. The van der Waals surface area contributed by atoms with E-state index in [9.17, 15) is 9.90 Å². The molecule has 0 aliphatic heterocycles. The van der Waals surface area contributed by atoms with Crippen LogP contribution in [0.3, 0.4) is 0 Å². The fourth-order valence-corrected chi connectivity index (χ4v) is 6.35. The molecule has 0 amide bonds. The molecule has 2 aromatic heterocycles. The molecular weight excluding hydrogens is 504 g/mol. The van der Waals surface area contributed by atoms with E-state index in [1.807, 2.05) is 43.3 Å². The number of fused-ring (bicyclic) bond motifs is 1. The van der Waals surface area contributed by atoms with Crippen LogP contribution in [0.15, 0.2) is 70.5 Å². The topological polar surface area (TPSA) is 92.0 Å². The third kappa shape index (κ3) is 5.67. The number of nitrogens with zero attached hydrogens (tertiary/aromatic N) is 2. The summed E-state index contributed by atoms with van der Waals surface area (Å²) in [7, 11) is 4.20. The number of aromatic hydroxyl groups is 1. The van der Waals surface area contributed by atoms with Crippen LogP contribution >= 0.6 is 0 Å². The largest absolute Gasteiger partial charge is 0.503 e. The fourth-order valence-electron chi connectivity index (χ4n) is 4.37. The van der Waals surface area contributed by atoms with Crippen LogP contribution in [0.2, 0.25) is 0 Å². The molecule has 0 radical (unpaired) electrons. The molecule has 0 aliphatic carbocycles. The number of methoxy groups -OCH3 is 3. The summed E-state index contributed by atoms with van der Waals surface area (Å²) in [6.45, 7) is 2.85. The Morgan fingerprint density at radius 1 is 0.974 bits per heavy atom. The van der Waals surface area contributed by atoms with Crippen molar-refractivity contribution in [2.75, 3.05) is 39.4 Å². The Bertz CT molecular complexity index is 1420. The average Bonchev–Trinajstić information content (AvgIpc) is 2.96. The van der Waals surface area contributed by atoms with Gasteiger partial charge >= 0.3 is 5.56 Å². The molecule has 0 saturated carbocycles. The van der Waals surface area contributed by atoms with Crippen LogP contribution in [-0.2, 0) is 17.4 Å². The number of aromatic nitrogens is 2. The predicted octanol–water partition coefficient (Wildman–Crippen LogP) is 4.64. The van der Waals surface area contributed by atoms with Gasteiger partial charge in [0.25, 0.3) is 4.90 Å². The average molecular weight is 538 g/mol. The minimum atomic E-state index is -0.478. The van der Waals surface area contributed by atoms with Gasteiger partial charge in [0.05, 0.1) is 39.9 Å². The lowest BCUT2D eigenvalue weighted by Gasteiger charge is -2.15. The van der Waals surface area contributed by atoms with Gasteiger partial charge < -0.3 is 24.1 Å². The fraction of sp³-hybridized carbons (Fsp3) is 0.310. The molecule has 2 aromatic carbocycles. The molecule has 2 heterocycles. The van der Waals surface area contributed by atoms with Gasteiger partial charge in [-0.3, -0.25) is 9.36 Å². The van der Waals surface area contributed by atoms with Gasteiger partial charge in [-0.05, 0) is 24.6 Å². The van der Waals surface area contributed by atoms with Crippen LogP contribution in [0.5, 0.6) is 28.7 Å². The van der Waals surface area contributed by atoms with E-state index in [2.05, 4.69) is 4.98 Å². The maximum atomic E-state index is 13.8. The van der Waals surface area contributed by atoms with E-state index in [0.717, 1.165) is 11.3 Å². The van der Waals surface area contributed by atoms with Crippen molar-refractivity contribution in [2.45, 2.75) is 24.8 Å². The first-order valence-corrected chi connectivity index (χ1v) is 13.9. The van der Waals surface area contributed by atoms with Gasteiger partial charge in [0.15, 0.2) is 17.2 Å². The van der Waals surface area contributed by atoms with Crippen molar-refractivity contribution in [2.24, 2.45) is 0 Å². The van der Waals surface area contributed by atoms with Crippen molar-refractivity contribution < 1.29 is 24.1 Å². The van der Waals surface area contributed by atoms with Crippen LogP contribution in [-0.4, -0.2) is 54.1 Å². The highest BCUT2D eigenvalue weighted by Gasteiger charge is 2.31. The van der Waals surface area contributed by atoms with E-state index in [4.69, 9.17) is 18.9 Å². The van der Waals surface area contributed by atoms with Crippen LogP contribution in [0.25, 0.3) is 11.0 Å². The summed E-state index contributed by atoms with van der Waals surface area (Å²) in [5.74, 6) is 3.58. The zero-order valence-electron chi connectivity index (χ0n) is 22.1. The van der Waals surface area contributed by atoms with Crippen LogP contribution in [0, 0.1) is 0 Å². The number of benzene rings is 2. The van der Waals surface area contributed by atoms with Crippen LogP contribution < -0.4 is 24.5 Å². The first-order chi connectivity index (χ1) is 18.5. The van der Waals surface area contributed by atoms with Crippen LogP contribution in [0.1, 0.15) is 18.9 Å². The molecule has 200 valence electrons. The highest BCUT2D eigenvalue weighted by Crippen LogP contribution is 2.40. The molecule has 1 unspecified atom stereocenters. The summed E-state index contributed by atoms with van der Waals surface area (Å²) in [6.07, 6.45) is 2.33. The summed E-state index contributed by atoms with van der Waals surface area (Å²) in [5.41, 5.74) is 1.27. The molecule has 0 fully saturated rings. The normalized spacial score (nSPS) is 11.8. The zero-order chi connectivity index (χ0) is 27.1. The third-order valence-corrected chi connectivity index (χ3v) is 8.64. The Hall–Kier alpha value is -3.85. The lowest BCUT2D eigenvalue weighted by atomic mass is 10.2. The molecule has 4 rings (SSSR count). The number of hydrogen-bond acceptors (Lipinski definition) is 7. The summed E-state index contributed by atoms with van der Waals surface area (Å²) in [6, 6.07) is 16.9. The Labute approximate surface area is 225 Å². The van der Waals surface area contributed by atoms with Crippen molar-refractivity contribution in [1.82, 2.24) is 9.55 Å². The second kappa shape index (κ2) is 12.6. The van der Waals surface area contributed by atoms with Gasteiger partial charge in [-0.1, -0.05) is 30.3 Å². The molecule has 1 N–H and O–H groups in total. The lowest BCUT2D eigenvalue weighted by Crippen LogP contribution is -2.30. The number of hydrogen-bond donors (Lipinski definition) is 1. The number of pyridine rings is 2. The molecule has 0 aliphatic rings. The van der Waals surface area contributed by atoms with Crippen molar-refractivity contribution in [3.05, 3.63) is 76.7 Å². The quantitative estimate of drug-likeness (QED) is 0.208. The Morgan fingerprint density at radius 2 is 1.68 bits per heavy atom. The van der Waals surface area contributed by atoms with E-state index in [1.165, 1.54) is 0 Å². The summed E-state index contributed by atoms with van der Waals surface area (Å²) < 4.78 is 23.8. The zero-order valence-corrected chi connectivity index (χ0v) is 22.9. The van der Waals surface area contributed by atoms with E-state index < -0.39 is 10.9 Å². The minimum absolute atomic E-state index is 0.0261. The monoisotopic (exact) mass is 537 g/mol. The molecular formula is C29H33N2O6S+. The molecule has 4 aromatic rings. The highest BCUT2D eigenvalue weighted by molar-refractivity contribution is 7.97. The maximum absolute atomic E-state index is 13.8. The Morgan fingerprint density at radius 3 is 2.32 bits per heavy atom. The van der Waals surface area contributed by atoms with Crippen molar-refractivity contribution >= 4 is 21.9 Å². The molecule has 8 nitrogen and oxygen atoms in total. The predicted molar refractivity (Wildman–Crippen MR) is 150 cm³/mol. The molecule has 0 saturated heterocycles. The van der Waals surface area contributed by atoms with E-state index in [1.54, 1.807) is 50.3 Å². The molecule has 38 heavy (non-hydrogen) atoms. The van der Waals surface area contributed by atoms with Crippen LogP contribution in [0.4, 0.5) is 0 Å². The van der Waals surface area contributed by atoms with E-state index in [0.29, 0.717) is 64.3 Å². The molecule has 0 spiro atoms. The van der Waals surface area contributed by atoms with Gasteiger partial charge in [0.1, 0.15) is 22.9 Å². The molecule has 9 heteroatoms. The molecule has 1 atom stereocenters. The standard InChI is InChI=1S/C29H32N2O6S/c1-5-38(16-10-15-37-21-17-23(34-2)26(36-4)24(18-21)35-3)27-25(32)22-13-9-14-30-28(22)31(29(27)33)19-20-11-7-6-8-12-20/h6-9,11-14,17-18H,5,10,15-16,19H2,1-4H3/p+1. The Kier molecular flexibility index (Phi) is 9.02. The summed E-state index contributed by atoms with van der Waals surface area (Å²) >= 11 is 0. The first-order valence-electron chi connectivity index (χ1n) is 12.4. The maximum Gasteiger partial charge on any atom is 0.311 e. The first kappa shape index (κ1) is 27.2. The van der Waals surface area contributed by atoms with Crippen molar-refractivity contribution in [3.63, 3.8) is 0 Å². The van der Waals surface area contributed by atoms with Crippen molar-refractivity contribution in [3.8, 4) is 28.7 Å². The van der Waals surface area contributed by atoms with E-state index >= 15 is 0 Å². The lowest BCUT2D eigenvalue weighted by molar-refractivity contribution is 0.299. The van der Waals surface area contributed by atoms with Gasteiger partial charge in [0, 0.05) is 35.6 Å². The highest BCUT2D eigenvalue weighted by atomic mass is 32.2. The minimum Gasteiger partial charge on any atom is -0.503 e. The summed E-state index contributed by atoms with van der Waals surface area (Å²) in [5, 5.41) is 11.8. The van der Waals surface area contributed by atoms with Crippen molar-refractivity contribution in [1.29, 1.82) is 0 Å².